The second-order valence-corrected chi connectivity index (χ2v) is 12.9. The Bertz CT molecular complexity index is 814. The molecule has 0 aromatic heterocycles. The molecule has 3 fully saturated rings. The monoisotopic (exact) mass is 458 g/mol. The Labute approximate surface area is 200 Å². The van der Waals surface area contributed by atoms with Gasteiger partial charge in [-0.15, -0.1) is 0 Å². The second kappa shape index (κ2) is 8.81. The normalized spacial score (nSPS) is 43.4. The van der Waals surface area contributed by atoms with E-state index in [4.69, 9.17) is 4.74 Å². The minimum atomic E-state index is -0.910. The molecule has 0 radical (unpaired) electrons. The lowest BCUT2D eigenvalue weighted by Crippen LogP contribution is -2.63. The average molecular weight is 459 g/mol. The molecule has 0 amide bonds. The number of esters is 1. The van der Waals surface area contributed by atoms with Crippen molar-refractivity contribution in [2.24, 2.45) is 40.4 Å². The highest BCUT2D eigenvalue weighted by Crippen LogP contribution is 2.68. The molecule has 186 valence electrons. The molecular weight excluding hydrogens is 412 g/mol. The zero-order chi connectivity index (χ0) is 24.2. The SMILES string of the molecule is CC(=O)OC1CCC2(C)C(C1)C(=O)C=C1C3CCC(C(C)CCCC(C)C)C3(C)CCC12O. The van der Waals surface area contributed by atoms with Crippen molar-refractivity contribution in [2.75, 3.05) is 0 Å². The molecule has 4 aliphatic rings. The van der Waals surface area contributed by atoms with Gasteiger partial charge in [-0.2, -0.15) is 0 Å². The molecule has 0 aromatic carbocycles. The van der Waals surface area contributed by atoms with E-state index in [1.165, 1.54) is 32.6 Å². The maximum atomic E-state index is 13.4. The van der Waals surface area contributed by atoms with E-state index in [9.17, 15) is 14.7 Å². The second-order valence-electron chi connectivity index (χ2n) is 12.9. The molecule has 8 unspecified atom stereocenters. The molecule has 1 N–H and O–H groups in total. The first kappa shape index (κ1) is 24.9. The summed E-state index contributed by atoms with van der Waals surface area (Å²) in [7, 11) is 0. The van der Waals surface area contributed by atoms with Gasteiger partial charge in [0, 0.05) is 18.3 Å². The van der Waals surface area contributed by atoms with Gasteiger partial charge in [0.1, 0.15) is 6.10 Å². The summed E-state index contributed by atoms with van der Waals surface area (Å²) in [6, 6.07) is 0. The molecule has 0 heterocycles. The fraction of sp³-hybridized carbons (Fsp3) is 0.862. The molecule has 0 saturated heterocycles. The van der Waals surface area contributed by atoms with Crippen molar-refractivity contribution in [3.05, 3.63) is 11.6 Å². The highest BCUT2D eigenvalue weighted by atomic mass is 16.5. The number of rotatable bonds is 6. The zero-order valence-electron chi connectivity index (χ0n) is 21.8. The van der Waals surface area contributed by atoms with Crippen LogP contribution < -0.4 is 0 Å². The molecule has 4 nitrogen and oxygen atoms in total. The van der Waals surface area contributed by atoms with Crippen LogP contribution in [-0.4, -0.2) is 28.6 Å². The zero-order valence-corrected chi connectivity index (χ0v) is 21.8. The molecule has 4 rings (SSSR count). The van der Waals surface area contributed by atoms with Gasteiger partial charge in [0.15, 0.2) is 5.78 Å². The predicted molar refractivity (Wildman–Crippen MR) is 130 cm³/mol. The standard InChI is InChI=1S/C29H46O4/c1-18(2)8-7-9-19(3)22-10-11-23-24-17-26(31)25-16-21(33-20(4)30)12-13-28(25,6)29(24,32)15-14-27(22,23)5/h17-19,21-23,25,32H,7-16H2,1-6H3. The van der Waals surface area contributed by atoms with Crippen molar-refractivity contribution in [3.63, 3.8) is 0 Å². The molecule has 0 bridgehead atoms. The molecule has 4 heteroatoms. The van der Waals surface area contributed by atoms with Crippen molar-refractivity contribution in [2.45, 2.75) is 117 Å². The fourth-order valence-corrected chi connectivity index (χ4v) is 8.63. The smallest absolute Gasteiger partial charge is 0.302 e. The van der Waals surface area contributed by atoms with Crippen molar-refractivity contribution in [1.29, 1.82) is 0 Å². The van der Waals surface area contributed by atoms with Crippen LogP contribution >= 0.6 is 0 Å². The van der Waals surface area contributed by atoms with Crippen LogP contribution in [0.2, 0.25) is 0 Å². The van der Waals surface area contributed by atoms with Crippen molar-refractivity contribution < 1.29 is 19.4 Å². The topological polar surface area (TPSA) is 63.6 Å². The van der Waals surface area contributed by atoms with Gasteiger partial charge in [-0.05, 0) is 85.7 Å². The summed E-state index contributed by atoms with van der Waals surface area (Å²) in [6.45, 7) is 13.1. The lowest BCUT2D eigenvalue weighted by atomic mass is 9.45. The molecule has 4 aliphatic carbocycles. The minimum Gasteiger partial charge on any atom is -0.463 e. The summed E-state index contributed by atoms with van der Waals surface area (Å²) in [5, 5.41) is 12.3. The van der Waals surface area contributed by atoms with Gasteiger partial charge in [-0.1, -0.05) is 53.9 Å². The van der Waals surface area contributed by atoms with E-state index in [0.717, 1.165) is 43.6 Å². The number of fused-ring (bicyclic) bond motifs is 5. The number of ether oxygens (including phenoxy) is 1. The average Bonchev–Trinajstić information content (AvgIpc) is 3.07. The van der Waals surface area contributed by atoms with Gasteiger partial charge < -0.3 is 9.84 Å². The van der Waals surface area contributed by atoms with Crippen molar-refractivity contribution in [1.82, 2.24) is 0 Å². The van der Waals surface area contributed by atoms with Crippen LogP contribution in [0.15, 0.2) is 11.6 Å². The number of allylic oxidation sites excluding steroid dienone is 1. The number of aliphatic hydroxyl groups is 1. The van der Waals surface area contributed by atoms with Gasteiger partial charge in [0.05, 0.1) is 5.60 Å². The van der Waals surface area contributed by atoms with Crippen LogP contribution in [0.5, 0.6) is 0 Å². The van der Waals surface area contributed by atoms with E-state index in [2.05, 4.69) is 34.6 Å². The Kier molecular flexibility index (Phi) is 6.66. The van der Waals surface area contributed by atoms with Gasteiger partial charge in [0.2, 0.25) is 0 Å². The Balaban J connectivity index is 1.58. The van der Waals surface area contributed by atoms with E-state index in [1.807, 2.05) is 6.08 Å². The van der Waals surface area contributed by atoms with E-state index in [0.29, 0.717) is 24.2 Å². The third-order valence-corrected chi connectivity index (χ3v) is 10.6. The van der Waals surface area contributed by atoms with E-state index in [1.54, 1.807) is 0 Å². The van der Waals surface area contributed by atoms with Gasteiger partial charge in [-0.3, -0.25) is 9.59 Å². The van der Waals surface area contributed by atoms with Crippen molar-refractivity contribution >= 4 is 11.8 Å². The number of carbonyl (C=O) groups excluding carboxylic acids is 2. The van der Waals surface area contributed by atoms with Gasteiger partial charge in [-0.25, -0.2) is 0 Å². The molecular formula is C29H46O4. The van der Waals surface area contributed by atoms with Crippen LogP contribution in [0.4, 0.5) is 0 Å². The summed E-state index contributed by atoms with van der Waals surface area (Å²) in [6.07, 6.45) is 11.6. The van der Waals surface area contributed by atoms with Gasteiger partial charge in [0.25, 0.3) is 0 Å². The molecule has 0 spiro atoms. The maximum absolute atomic E-state index is 13.4. The lowest BCUT2D eigenvalue weighted by molar-refractivity contribution is -0.175. The van der Waals surface area contributed by atoms with Gasteiger partial charge >= 0.3 is 5.97 Å². The van der Waals surface area contributed by atoms with E-state index in [-0.39, 0.29) is 29.2 Å². The number of hydrogen-bond donors (Lipinski definition) is 1. The molecule has 0 aliphatic heterocycles. The minimum absolute atomic E-state index is 0.145. The highest BCUT2D eigenvalue weighted by Gasteiger charge is 2.66. The van der Waals surface area contributed by atoms with Crippen molar-refractivity contribution in [3.8, 4) is 0 Å². The number of hydrogen-bond acceptors (Lipinski definition) is 4. The molecule has 33 heavy (non-hydrogen) atoms. The summed E-state index contributed by atoms with van der Waals surface area (Å²) in [5.74, 6) is 2.02. The highest BCUT2D eigenvalue weighted by molar-refractivity contribution is 5.95. The first-order chi connectivity index (χ1) is 15.4. The summed E-state index contributed by atoms with van der Waals surface area (Å²) in [5.41, 5.74) is -0.157. The molecule has 3 saturated carbocycles. The Hall–Kier alpha value is -1.16. The summed E-state index contributed by atoms with van der Waals surface area (Å²) < 4.78 is 5.48. The molecule has 8 atom stereocenters. The number of carbonyl (C=O) groups is 2. The van der Waals surface area contributed by atoms with Crippen LogP contribution in [-0.2, 0) is 14.3 Å². The lowest BCUT2D eigenvalue weighted by Gasteiger charge is -2.61. The maximum Gasteiger partial charge on any atom is 0.302 e. The fourth-order valence-electron chi connectivity index (χ4n) is 8.63. The third-order valence-electron chi connectivity index (χ3n) is 10.6. The Morgan fingerprint density at radius 3 is 2.48 bits per heavy atom. The first-order valence-corrected chi connectivity index (χ1v) is 13.6. The predicted octanol–water partition coefficient (Wildman–Crippen LogP) is 6.25. The van der Waals surface area contributed by atoms with Crippen LogP contribution in [0.3, 0.4) is 0 Å². The summed E-state index contributed by atoms with van der Waals surface area (Å²) >= 11 is 0. The largest absolute Gasteiger partial charge is 0.463 e. The molecule has 0 aromatic rings. The Morgan fingerprint density at radius 2 is 1.82 bits per heavy atom. The van der Waals surface area contributed by atoms with Crippen LogP contribution in [0.1, 0.15) is 106 Å². The van der Waals surface area contributed by atoms with E-state index >= 15 is 0 Å². The van der Waals surface area contributed by atoms with Crippen LogP contribution in [0, 0.1) is 40.4 Å². The van der Waals surface area contributed by atoms with E-state index < -0.39 is 11.0 Å². The first-order valence-electron chi connectivity index (χ1n) is 13.6. The summed E-state index contributed by atoms with van der Waals surface area (Å²) in [4.78, 5) is 24.9. The number of ketones is 1. The third kappa shape index (κ3) is 4.02. The Morgan fingerprint density at radius 1 is 1.09 bits per heavy atom. The quantitative estimate of drug-likeness (QED) is 0.478. The van der Waals surface area contributed by atoms with Crippen LogP contribution in [0.25, 0.3) is 0 Å².